The molecule has 2 unspecified atom stereocenters. The van der Waals surface area contributed by atoms with Crippen molar-refractivity contribution in [1.82, 2.24) is 5.32 Å². The molecule has 1 aromatic rings. The summed E-state index contributed by atoms with van der Waals surface area (Å²) < 4.78 is 5.42. The SMILES string of the molecule is Cc1ccccc1C(C)(O)CC1COCCN1. The van der Waals surface area contributed by atoms with Crippen molar-refractivity contribution in [2.24, 2.45) is 0 Å². The number of benzene rings is 1. The smallest absolute Gasteiger partial charge is 0.0886 e. The summed E-state index contributed by atoms with van der Waals surface area (Å²) in [6.45, 7) is 6.24. The highest BCUT2D eigenvalue weighted by Gasteiger charge is 2.29. The van der Waals surface area contributed by atoms with Crippen molar-refractivity contribution < 1.29 is 9.84 Å². The second kappa shape index (κ2) is 5.17. The van der Waals surface area contributed by atoms with E-state index in [0.29, 0.717) is 13.0 Å². The van der Waals surface area contributed by atoms with Gasteiger partial charge in [-0.2, -0.15) is 0 Å². The van der Waals surface area contributed by atoms with Crippen molar-refractivity contribution in [3.63, 3.8) is 0 Å². The van der Waals surface area contributed by atoms with Crippen molar-refractivity contribution in [2.75, 3.05) is 19.8 Å². The Morgan fingerprint density at radius 2 is 2.24 bits per heavy atom. The minimum absolute atomic E-state index is 0.235. The van der Waals surface area contributed by atoms with Gasteiger partial charge in [0.1, 0.15) is 0 Å². The van der Waals surface area contributed by atoms with Gasteiger partial charge in [-0.3, -0.25) is 0 Å². The Labute approximate surface area is 103 Å². The zero-order chi connectivity index (χ0) is 12.3. The average Bonchev–Trinajstić information content (AvgIpc) is 2.30. The predicted molar refractivity (Wildman–Crippen MR) is 68.0 cm³/mol. The Kier molecular flexibility index (Phi) is 3.82. The van der Waals surface area contributed by atoms with Crippen LogP contribution in [-0.4, -0.2) is 30.9 Å². The van der Waals surface area contributed by atoms with Crippen LogP contribution in [0.3, 0.4) is 0 Å². The van der Waals surface area contributed by atoms with Gasteiger partial charge in [0.25, 0.3) is 0 Å². The van der Waals surface area contributed by atoms with E-state index in [1.807, 2.05) is 38.1 Å². The molecule has 0 aliphatic carbocycles. The normalized spacial score (nSPS) is 24.3. The van der Waals surface area contributed by atoms with Gasteiger partial charge in [0.05, 0.1) is 18.8 Å². The lowest BCUT2D eigenvalue weighted by molar-refractivity contribution is 0.00286. The molecule has 2 rings (SSSR count). The maximum absolute atomic E-state index is 10.6. The van der Waals surface area contributed by atoms with Crippen molar-refractivity contribution >= 4 is 0 Å². The maximum atomic E-state index is 10.6. The molecule has 1 aliphatic rings. The van der Waals surface area contributed by atoms with Crippen molar-refractivity contribution in [1.29, 1.82) is 0 Å². The first kappa shape index (κ1) is 12.6. The number of nitrogens with one attached hydrogen (secondary N) is 1. The van der Waals surface area contributed by atoms with Crippen LogP contribution in [0.1, 0.15) is 24.5 Å². The fourth-order valence-electron chi connectivity index (χ4n) is 2.52. The summed E-state index contributed by atoms with van der Waals surface area (Å²) in [5.74, 6) is 0. The zero-order valence-corrected chi connectivity index (χ0v) is 10.6. The molecule has 0 spiro atoms. The highest BCUT2D eigenvalue weighted by atomic mass is 16.5. The summed E-state index contributed by atoms with van der Waals surface area (Å²) in [6.07, 6.45) is 0.678. The summed E-state index contributed by atoms with van der Waals surface area (Å²) in [5, 5.41) is 14.0. The van der Waals surface area contributed by atoms with E-state index in [1.54, 1.807) is 0 Å². The molecule has 0 radical (unpaired) electrons. The fraction of sp³-hybridized carbons (Fsp3) is 0.571. The van der Waals surface area contributed by atoms with Gasteiger partial charge in [-0.15, -0.1) is 0 Å². The third kappa shape index (κ3) is 3.06. The molecule has 2 N–H and O–H groups in total. The average molecular weight is 235 g/mol. The van der Waals surface area contributed by atoms with Crippen LogP contribution < -0.4 is 5.32 Å². The quantitative estimate of drug-likeness (QED) is 0.836. The molecule has 1 heterocycles. The molecule has 0 bridgehead atoms. The van der Waals surface area contributed by atoms with Gasteiger partial charge in [0.15, 0.2) is 0 Å². The molecule has 0 saturated carbocycles. The lowest BCUT2D eigenvalue weighted by Gasteiger charge is -2.32. The summed E-state index contributed by atoms with van der Waals surface area (Å²) in [6, 6.07) is 8.24. The van der Waals surface area contributed by atoms with Gasteiger partial charge in [-0.1, -0.05) is 24.3 Å². The van der Waals surface area contributed by atoms with Crippen LogP contribution in [0.5, 0.6) is 0 Å². The number of hydrogen-bond donors (Lipinski definition) is 2. The van der Waals surface area contributed by atoms with E-state index >= 15 is 0 Å². The Balaban J connectivity index is 2.10. The highest BCUT2D eigenvalue weighted by Crippen LogP contribution is 2.28. The number of morpholine rings is 1. The molecular formula is C14H21NO2. The second-order valence-corrected chi connectivity index (χ2v) is 5.02. The number of aliphatic hydroxyl groups is 1. The first-order chi connectivity index (χ1) is 8.09. The third-order valence-corrected chi connectivity index (χ3v) is 3.37. The maximum Gasteiger partial charge on any atom is 0.0886 e. The summed E-state index contributed by atoms with van der Waals surface area (Å²) >= 11 is 0. The molecule has 1 saturated heterocycles. The van der Waals surface area contributed by atoms with Crippen LogP contribution in [0, 0.1) is 6.92 Å². The second-order valence-electron chi connectivity index (χ2n) is 5.02. The minimum Gasteiger partial charge on any atom is -0.385 e. The molecule has 1 fully saturated rings. The Morgan fingerprint density at radius 1 is 1.47 bits per heavy atom. The molecule has 2 atom stereocenters. The molecule has 17 heavy (non-hydrogen) atoms. The predicted octanol–water partition coefficient (Wildman–Crippen LogP) is 1.58. The molecule has 0 aromatic heterocycles. The third-order valence-electron chi connectivity index (χ3n) is 3.37. The van der Waals surface area contributed by atoms with E-state index in [2.05, 4.69) is 5.32 Å². The molecular weight excluding hydrogens is 214 g/mol. The Morgan fingerprint density at radius 3 is 2.88 bits per heavy atom. The number of rotatable bonds is 3. The van der Waals surface area contributed by atoms with Crippen LogP contribution in [0.25, 0.3) is 0 Å². The first-order valence-electron chi connectivity index (χ1n) is 6.19. The van der Waals surface area contributed by atoms with Gasteiger partial charge in [-0.25, -0.2) is 0 Å². The molecule has 94 valence electrons. The zero-order valence-electron chi connectivity index (χ0n) is 10.6. The minimum atomic E-state index is -0.802. The van der Waals surface area contributed by atoms with Gasteiger partial charge in [0, 0.05) is 12.6 Å². The van der Waals surface area contributed by atoms with Gasteiger partial charge in [-0.05, 0) is 31.4 Å². The largest absolute Gasteiger partial charge is 0.385 e. The van der Waals surface area contributed by atoms with E-state index in [0.717, 1.165) is 24.3 Å². The van der Waals surface area contributed by atoms with Crippen LogP contribution >= 0.6 is 0 Å². The fourth-order valence-corrected chi connectivity index (χ4v) is 2.52. The number of aryl methyl sites for hydroxylation is 1. The van der Waals surface area contributed by atoms with Crippen molar-refractivity contribution in [2.45, 2.75) is 31.9 Å². The molecule has 0 amide bonds. The van der Waals surface area contributed by atoms with Crippen LogP contribution in [0.4, 0.5) is 0 Å². The first-order valence-corrected chi connectivity index (χ1v) is 6.19. The topological polar surface area (TPSA) is 41.5 Å². The number of hydrogen-bond acceptors (Lipinski definition) is 3. The van der Waals surface area contributed by atoms with E-state index in [-0.39, 0.29) is 6.04 Å². The van der Waals surface area contributed by atoms with E-state index in [1.165, 1.54) is 0 Å². The highest BCUT2D eigenvalue weighted by molar-refractivity contribution is 5.30. The standard InChI is InChI=1S/C14H21NO2/c1-11-5-3-4-6-13(11)14(2,16)9-12-10-17-8-7-15-12/h3-6,12,15-16H,7-10H2,1-2H3. The molecule has 1 aromatic carbocycles. The van der Waals surface area contributed by atoms with Gasteiger partial charge >= 0.3 is 0 Å². The molecule has 1 aliphatic heterocycles. The van der Waals surface area contributed by atoms with E-state index in [9.17, 15) is 5.11 Å². The van der Waals surface area contributed by atoms with E-state index in [4.69, 9.17) is 4.74 Å². The number of ether oxygens (including phenoxy) is 1. The summed E-state index contributed by atoms with van der Waals surface area (Å²) in [7, 11) is 0. The summed E-state index contributed by atoms with van der Waals surface area (Å²) in [5.41, 5.74) is 1.34. The summed E-state index contributed by atoms with van der Waals surface area (Å²) in [4.78, 5) is 0. The van der Waals surface area contributed by atoms with Crippen LogP contribution in [-0.2, 0) is 10.3 Å². The Hall–Kier alpha value is -0.900. The monoisotopic (exact) mass is 235 g/mol. The van der Waals surface area contributed by atoms with Crippen LogP contribution in [0.2, 0.25) is 0 Å². The van der Waals surface area contributed by atoms with Crippen molar-refractivity contribution in [3.8, 4) is 0 Å². The van der Waals surface area contributed by atoms with Crippen LogP contribution in [0.15, 0.2) is 24.3 Å². The van der Waals surface area contributed by atoms with Gasteiger partial charge < -0.3 is 15.2 Å². The Bertz CT molecular complexity index is 370. The lowest BCUT2D eigenvalue weighted by Crippen LogP contribution is -2.45. The van der Waals surface area contributed by atoms with Crippen molar-refractivity contribution in [3.05, 3.63) is 35.4 Å². The lowest BCUT2D eigenvalue weighted by atomic mass is 9.86. The molecule has 3 heteroatoms. The van der Waals surface area contributed by atoms with Gasteiger partial charge in [0.2, 0.25) is 0 Å². The van der Waals surface area contributed by atoms with E-state index < -0.39 is 5.60 Å². The molecule has 3 nitrogen and oxygen atoms in total.